The number of fused-ring (bicyclic) bond motifs is 1. The molecule has 0 unspecified atom stereocenters. The maximum atomic E-state index is 12.6. The van der Waals surface area contributed by atoms with Crippen LogP contribution in [0.3, 0.4) is 0 Å². The quantitative estimate of drug-likeness (QED) is 0.464. The second-order valence-corrected chi connectivity index (χ2v) is 7.93. The maximum Gasteiger partial charge on any atom is 0.270 e. The van der Waals surface area contributed by atoms with Crippen LogP contribution in [-0.4, -0.2) is 38.4 Å². The molecule has 0 spiro atoms. The number of nitrogens with one attached hydrogen (secondary N) is 1. The third kappa shape index (κ3) is 4.74. The second kappa shape index (κ2) is 9.26. The SMILES string of the molecule is CCn1c(CN2CCCCCC2)nc2cc(NC(=O)c3cccc([N+](=O)[O-])c3)ccc21. The van der Waals surface area contributed by atoms with E-state index in [4.69, 9.17) is 4.98 Å². The third-order valence-corrected chi connectivity index (χ3v) is 5.78. The lowest BCUT2D eigenvalue weighted by molar-refractivity contribution is -0.384. The molecular weight excluding hydrogens is 394 g/mol. The highest BCUT2D eigenvalue weighted by molar-refractivity contribution is 6.05. The van der Waals surface area contributed by atoms with Crippen molar-refractivity contribution in [3.8, 4) is 0 Å². The van der Waals surface area contributed by atoms with Crippen LogP contribution < -0.4 is 5.32 Å². The molecule has 1 aliphatic heterocycles. The number of imidazole rings is 1. The van der Waals surface area contributed by atoms with Gasteiger partial charge in [0.1, 0.15) is 5.82 Å². The van der Waals surface area contributed by atoms with Crippen molar-refractivity contribution in [2.75, 3.05) is 18.4 Å². The smallest absolute Gasteiger partial charge is 0.270 e. The molecule has 8 heteroatoms. The summed E-state index contributed by atoms with van der Waals surface area (Å²) in [4.78, 5) is 30.4. The van der Waals surface area contributed by atoms with Crippen LogP contribution in [0.4, 0.5) is 11.4 Å². The Morgan fingerprint density at radius 3 is 2.61 bits per heavy atom. The van der Waals surface area contributed by atoms with Gasteiger partial charge in [-0.25, -0.2) is 4.98 Å². The minimum absolute atomic E-state index is 0.108. The Kier molecular flexibility index (Phi) is 6.27. The van der Waals surface area contributed by atoms with Crippen molar-refractivity contribution in [3.63, 3.8) is 0 Å². The second-order valence-electron chi connectivity index (χ2n) is 7.93. The monoisotopic (exact) mass is 421 g/mol. The average Bonchev–Trinajstić information content (AvgIpc) is 2.91. The summed E-state index contributed by atoms with van der Waals surface area (Å²) >= 11 is 0. The van der Waals surface area contributed by atoms with E-state index < -0.39 is 4.92 Å². The highest BCUT2D eigenvalue weighted by Crippen LogP contribution is 2.23. The lowest BCUT2D eigenvalue weighted by Gasteiger charge is -2.19. The van der Waals surface area contributed by atoms with Crippen LogP contribution in [0, 0.1) is 10.1 Å². The van der Waals surface area contributed by atoms with Crippen molar-refractivity contribution < 1.29 is 9.72 Å². The Hall–Kier alpha value is -3.26. The zero-order valence-corrected chi connectivity index (χ0v) is 17.7. The number of likely N-dealkylation sites (tertiary alicyclic amines) is 1. The molecule has 162 valence electrons. The summed E-state index contributed by atoms with van der Waals surface area (Å²) in [6, 6.07) is 11.4. The number of benzene rings is 2. The predicted molar refractivity (Wildman–Crippen MR) is 120 cm³/mol. The first-order chi connectivity index (χ1) is 15.0. The number of rotatable bonds is 6. The molecule has 0 radical (unpaired) electrons. The normalized spacial score (nSPS) is 15.0. The number of anilines is 1. The van der Waals surface area contributed by atoms with Gasteiger partial charge in [-0.3, -0.25) is 19.8 Å². The van der Waals surface area contributed by atoms with Gasteiger partial charge >= 0.3 is 0 Å². The lowest BCUT2D eigenvalue weighted by Crippen LogP contribution is -2.25. The summed E-state index contributed by atoms with van der Waals surface area (Å²) in [5.41, 5.74) is 2.63. The topological polar surface area (TPSA) is 93.3 Å². The van der Waals surface area contributed by atoms with Gasteiger partial charge < -0.3 is 9.88 Å². The number of nitro benzene ring substituents is 1. The first-order valence-electron chi connectivity index (χ1n) is 10.8. The minimum Gasteiger partial charge on any atom is -0.327 e. The average molecular weight is 422 g/mol. The Labute approximate surface area is 181 Å². The third-order valence-electron chi connectivity index (χ3n) is 5.78. The van der Waals surface area contributed by atoms with E-state index in [0.29, 0.717) is 5.69 Å². The number of nitro groups is 1. The number of non-ortho nitro benzene ring substituents is 1. The zero-order valence-electron chi connectivity index (χ0n) is 17.7. The molecule has 1 saturated heterocycles. The standard InChI is InChI=1S/C23H27N5O3/c1-2-27-21-11-10-18(24-23(29)17-8-7-9-19(14-17)28(30)31)15-20(21)25-22(27)16-26-12-5-3-4-6-13-26/h7-11,14-15H,2-6,12-13,16H2,1H3,(H,24,29). The molecule has 2 aromatic carbocycles. The molecule has 0 bridgehead atoms. The van der Waals surface area contributed by atoms with Gasteiger partial charge in [-0.15, -0.1) is 0 Å². The molecule has 1 fully saturated rings. The van der Waals surface area contributed by atoms with Crippen molar-refractivity contribution in [3.05, 3.63) is 64.0 Å². The fraction of sp³-hybridized carbons (Fsp3) is 0.391. The van der Waals surface area contributed by atoms with Crippen LogP contribution >= 0.6 is 0 Å². The lowest BCUT2D eigenvalue weighted by atomic mass is 10.2. The molecule has 0 aliphatic carbocycles. The van der Waals surface area contributed by atoms with Gasteiger partial charge in [0.25, 0.3) is 11.6 Å². The van der Waals surface area contributed by atoms with E-state index in [1.165, 1.54) is 43.9 Å². The first-order valence-corrected chi connectivity index (χ1v) is 10.8. The van der Waals surface area contributed by atoms with Gasteiger partial charge in [-0.2, -0.15) is 0 Å². The summed E-state index contributed by atoms with van der Waals surface area (Å²) in [6.45, 7) is 6.00. The number of amides is 1. The summed E-state index contributed by atoms with van der Waals surface area (Å²) in [5, 5.41) is 13.8. The van der Waals surface area contributed by atoms with Crippen LogP contribution in [0.5, 0.6) is 0 Å². The Morgan fingerprint density at radius 2 is 1.90 bits per heavy atom. The molecule has 1 aromatic heterocycles. The van der Waals surface area contributed by atoms with Crippen molar-refractivity contribution in [1.29, 1.82) is 0 Å². The van der Waals surface area contributed by atoms with Crippen molar-refractivity contribution in [1.82, 2.24) is 14.5 Å². The van der Waals surface area contributed by atoms with Crippen LogP contribution in [0.2, 0.25) is 0 Å². The molecule has 3 aromatic rings. The van der Waals surface area contributed by atoms with E-state index in [1.54, 1.807) is 6.07 Å². The molecule has 0 atom stereocenters. The molecule has 1 amide bonds. The predicted octanol–water partition coefficient (Wildman–Crippen LogP) is 4.59. The van der Waals surface area contributed by atoms with Crippen molar-refractivity contribution in [2.24, 2.45) is 0 Å². The van der Waals surface area contributed by atoms with Crippen LogP contribution in [-0.2, 0) is 13.1 Å². The van der Waals surface area contributed by atoms with Gasteiger partial charge in [-0.1, -0.05) is 18.9 Å². The van der Waals surface area contributed by atoms with E-state index in [-0.39, 0.29) is 17.2 Å². The van der Waals surface area contributed by atoms with E-state index in [9.17, 15) is 14.9 Å². The van der Waals surface area contributed by atoms with E-state index >= 15 is 0 Å². The van der Waals surface area contributed by atoms with Crippen LogP contribution in [0.25, 0.3) is 11.0 Å². The Morgan fingerprint density at radius 1 is 1.13 bits per heavy atom. The number of hydrogen-bond acceptors (Lipinski definition) is 5. The largest absolute Gasteiger partial charge is 0.327 e. The van der Waals surface area contributed by atoms with Crippen molar-refractivity contribution in [2.45, 2.75) is 45.7 Å². The van der Waals surface area contributed by atoms with Gasteiger partial charge in [-0.05, 0) is 57.1 Å². The molecule has 1 aliphatic rings. The molecule has 31 heavy (non-hydrogen) atoms. The molecule has 8 nitrogen and oxygen atoms in total. The first kappa shape index (κ1) is 21.0. The number of carbonyl (C=O) groups excluding carboxylic acids is 1. The number of aryl methyl sites for hydroxylation is 1. The van der Waals surface area contributed by atoms with Crippen LogP contribution in [0.1, 0.15) is 48.8 Å². The van der Waals surface area contributed by atoms with Gasteiger partial charge in [0.05, 0.1) is 22.5 Å². The van der Waals surface area contributed by atoms with E-state index in [1.807, 2.05) is 18.2 Å². The van der Waals surface area contributed by atoms with Gasteiger partial charge in [0.2, 0.25) is 0 Å². The Bertz CT molecular complexity index is 1100. The summed E-state index contributed by atoms with van der Waals surface area (Å²) < 4.78 is 2.23. The number of aromatic nitrogens is 2. The minimum atomic E-state index is -0.508. The van der Waals surface area contributed by atoms with E-state index in [2.05, 4.69) is 21.7 Å². The number of nitrogens with zero attached hydrogens (tertiary/aromatic N) is 4. The fourth-order valence-electron chi connectivity index (χ4n) is 4.19. The molecular formula is C23H27N5O3. The molecule has 1 N–H and O–H groups in total. The maximum absolute atomic E-state index is 12.6. The molecule has 0 saturated carbocycles. The highest BCUT2D eigenvalue weighted by Gasteiger charge is 2.16. The summed E-state index contributed by atoms with van der Waals surface area (Å²) in [7, 11) is 0. The fourth-order valence-corrected chi connectivity index (χ4v) is 4.19. The number of hydrogen-bond donors (Lipinski definition) is 1. The van der Waals surface area contributed by atoms with Gasteiger partial charge in [0, 0.05) is 29.9 Å². The number of carbonyl (C=O) groups is 1. The molecule has 2 heterocycles. The van der Waals surface area contributed by atoms with Crippen molar-refractivity contribution >= 4 is 28.3 Å². The highest BCUT2D eigenvalue weighted by atomic mass is 16.6. The summed E-state index contributed by atoms with van der Waals surface area (Å²) in [5.74, 6) is 0.657. The van der Waals surface area contributed by atoms with Crippen LogP contribution in [0.15, 0.2) is 42.5 Å². The van der Waals surface area contributed by atoms with E-state index in [0.717, 1.165) is 43.0 Å². The summed E-state index contributed by atoms with van der Waals surface area (Å²) in [6.07, 6.45) is 5.07. The Balaban J connectivity index is 1.55. The van der Waals surface area contributed by atoms with Gasteiger partial charge in [0.15, 0.2) is 0 Å². The zero-order chi connectivity index (χ0) is 21.8. The molecule has 4 rings (SSSR count).